The van der Waals surface area contributed by atoms with Crippen molar-refractivity contribution < 1.29 is 9.59 Å². The van der Waals surface area contributed by atoms with Gasteiger partial charge in [-0.1, -0.05) is 0 Å². The van der Waals surface area contributed by atoms with Crippen molar-refractivity contribution in [3.8, 4) is 0 Å². The third-order valence-corrected chi connectivity index (χ3v) is 4.38. The SMILES string of the molecule is CC(C)n1cc(Br)cc1C(=O)N1CCC(C)(C(N)=O)C1. The van der Waals surface area contributed by atoms with Crippen molar-refractivity contribution in [2.45, 2.75) is 33.2 Å². The van der Waals surface area contributed by atoms with Crippen molar-refractivity contribution in [3.63, 3.8) is 0 Å². The fourth-order valence-electron chi connectivity index (χ4n) is 2.54. The third kappa shape index (κ3) is 2.61. The van der Waals surface area contributed by atoms with Gasteiger partial charge < -0.3 is 15.2 Å². The summed E-state index contributed by atoms with van der Waals surface area (Å²) in [4.78, 5) is 25.8. The van der Waals surface area contributed by atoms with Crippen LogP contribution in [0.2, 0.25) is 0 Å². The summed E-state index contributed by atoms with van der Waals surface area (Å²) in [6.07, 6.45) is 2.53. The molecule has 1 aromatic heterocycles. The number of halogens is 1. The Bertz CT molecular complexity index is 553. The number of rotatable bonds is 3. The number of nitrogens with two attached hydrogens (primary N) is 1. The Morgan fingerprint density at radius 1 is 1.45 bits per heavy atom. The van der Waals surface area contributed by atoms with Gasteiger partial charge in [-0.05, 0) is 49.2 Å². The molecule has 6 heteroatoms. The standard InChI is InChI=1S/C14H20BrN3O2/c1-9(2)18-7-10(15)6-11(18)12(19)17-5-4-14(3,8-17)13(16)20/h6-7,9H,4-5,8H2,1-3H3,(H2,16,20). The Labute approximate surface area is 127 Å². The predicted octanol–water partition coefficient (Wildman–Crippen LogP) is 2.17. The summed E-state index contributed by atoms with van der Waals surface area (Å²) < 4.78 is 2.82. The molecule has 1 aromatic rings. The van der Waals surface area contributed by atoms with Crippen LogP contribution in [0.1, 0.15) is 43.7 Å². The fraction of sp³-hybridized carbons (Fsp3) is 0.571. The van der Waals surface area contributed by atoms with Crippen molar-refractivity contribution in [2.24, 2.45) is 11.1 Å². The molecule has 0 saturated carbocycles. The molecule has 2 heterocycles. The van der Waals surface area contributed by atoms with Crippen LogP contribution in [0.25, 0.3) is 0 Å². The normalized spacial score (nSPS) is 22.6. The van der Waals surface area contributed by atoms with Gasteiger partial charge in [0.25, 0.3) is 5.91 Å². The largest absolute Gasteiger partial charge is 0.369 e. The Morgan fingerprint density at radius 3 is 2.60 bits per heavy atom. The van der Waals surface area contributed by atoms with Crippen molar-refractivity contribution in [1.82, 2.24) is 9.47 Å². The molecular weight excluding hydrogens is 322 g/mol. The minimum Gasteiger partial charge on any atom is -0.369 e. The number of amides is 2. The summed E-state index contributed by atoms with van der Waals surface area (Å²) in [6.45, 7) is 6.84. The average molecular weight is 342 g/mol. The molecule has 0 radical (unpaired) electrons. The number of hydrogen-bond acceptors (Lipinski definition) is 2. The lowest BCUT2D eigenvalue weighted by atomic mass is 9.89. The summed E-state index contributed by atoms with van der Waals surface area (Å²) in [5.41, 5.74) is 5.46. The summed E-state index contributed by atoms with van der Waals surface area (Å²) >= 11 is 3.41. The summed E-state index contributed by atoms with van der Waals surface area (Å²) in [6, 6.07) is 2.02. The first-order chi connectivity index (χ1) is 9.24. The number of nitrogens with zero attached hydrogens (tertiary/aromatic N) is 2. The molecule has 1 aliphatic heterocycles. The summed E-state index contributed by atoms with van der Waals surface area (Å²) in [5, 5.41) is 0. The van der Waals surface area contributed by atoms with Gasteiger partial charge in [-0.2, -0.15) is 0 Å². The molecule has 2 rings (SSSR count). The molecule has 1 fully saturated rings. The van der Waals surface area contributed by atoms with Gasteiger partial charge in [0.2, 0.25) is 5.91 Å². The van der Waals surface area contributed by atoms with Crippen LogP contribution >= 0.6 is 15.9 Å². The van der Waals surface area contributed by atoms with Crippen LogP contribution in [0.5, 0.6) is 0 Å². The smallest absolute Gasteiger partial charge is 0.270 e. The highest BCUT2D eigenvalue weighted by atomic mass is 79.9. The maximum atomic E-state index is 12.6. The van der Waals surface area contributed by atoms with Gasteiger partial charge in [0.1, 0.15) is 5.69 Å². The minimum atomic E-state index is -0.609. The third-order valence-electron chi connectivity index (χ3n) is 3.95. The Balaban J connectivity index is 2.24. The number of primary amides is 1. The van der Waals surface area contributed by atoms with Crippen LogP contribution in [-0.4, -0.2) is 34.4 Å². The molecule has 0 aliphatic carbocycles. The van der Waals surface area contributed by atoms with Gasteiger partial charge in [-0.3, -0.25) is 9.59 Å². The molecule has 0 aromatic carbocycles. The lowest BCUT2D eigenvalue weighted by Crippen LogP contribution is -2.39. The van der Waals surface area contributed by atoms with Gasteiger partial charge in [-0.15, -0.1) is 0 Å². The van der Waals surface area contributed by atoms with Crippen molar-refractivity contribution in [2.75, 3.05) is 13.1 Å². The van der Waals surface area contributed by atoms with Gasteiger partial charge in [0, 0.05) is 29.8 Å². The van der Waals surface area contributed by atoms with Crippen LogP contribution in [0.15, 0.2) is 16.7 Å². The first kappa shape index (κ1) is 15.1. The lowest BCUT2D eigenvalue weighted by Gasteiger charge is -2.22. The van der Waals surface area contributed by atoms with Crippen LogP contribution in [0, 0.1) is 5.41 Å². The van der Waals surface area contributed by atoms with E-state index >= 15 is 0 Å². The van der Waals surface area contributed by atoms with E-state index in [2.05, 4.69) is 15.9 Å². The van der Waals surface area contributed by atoms with Crippen LogP contribution in [0.3, 0.4) is 0 Å². The highest BCUT2D eigenvalue weighted by Gasteiger charge is 2.41. The van der Waals surface area contributed by atoms with Gasteiger partial charge >= 0.3 is 0 Å². The summed E-state index contributed by atoms with van der Waals surface area (Å²) in [5.74, 6) is -0.386. The average Bonchev–Trinajstić information content (AvgIpc) is 2.93. The van der Waals surface area contributed by atoms with E-state index in [1.165, 1.54) is 0 Å². The van der Waals surface area contributed by atoms with E-state index in [0.717, 1.165) is 4.47 Å². The van der Waals surface area contributed by atoms with Crippen molar-refractivity contribution in [3.05, 3.63) is 22.4 Å². The maximum Gasteiger partial charge on any atom is 0.270 e. The van der Waals surface area contributed by atoms with Gasteiger partial charge in [0.15, 0.2) is 0 Å². The van der Waals surface area contributed by atoms with E-state index in [1.54, 1.807) is 4.90 Å². The quantitative estimate of drug-likeness (QED) is 0.915. The number of aromatic nitrogens is 1. The first-order valence-electron chi connectivity index (χ1n) is 6.71. The number of carbonyl (C=O) groups is 2. The molecule has 110 valence electrons. The monoisotopic (exact) mass is 341 g/mol. The zero-order chi connectivity index (χ0) is 15.1. The zero-order valence-corrected chi connectivity index (χ0v) is 13.6. The maximum absolute atomic E-state index is 12.6. The second-order valence-corrected chi connectivity index (χ2v) is 6.86. The molecule has 20 heavy (non-hydrogen) atoms. The first-order valence-corrected chi connectivity index (χ1v) is 7.50. The Morgan fingerprint density at radius 2 is 2.10 bits per heavy atom. The Hall–Kier alpha value is -1.30. The molecule has 1 atom stereocenters. The molecular formula is C14H20BrN3O2. The van der Waals surface area contributed by atoms with Crippen LogP contribution in [0.4, 0.5) is 0 Å². The summed E-state index contributed by atoms with van der Waals surface area (Å²) in [7, 11) is 0. The molecule has 1 aliphatic rings. The molecule has 2 N–H and O–H groups in total. The minimum absolute atomic E-state index is 0.0469. The highest BCUT2D eigenvalue weighted by molar-refractivity contribution is 9.10. The fourth-order valence-corrected chi connectivity index (χ4v) is 2.98. The highest BCUT2D eigenvalue weighted by Crippen LogP contribution is 2.31. The number of likely N-dealkylation sites (tertiary alicyclic amines) is 1. The van der Waals surface area contributed by atoms with Crippen LogP contribution in [-0.2, 0) is 4.79 Å². The topological polar surface area (TPSA) is 68.3 Å². The predicted molar refractivity (Wildman–Crippen MR) is 80.3 cm³/mol. The van der Waals surface area contributed by atoms with E-state index in [4.69, 9.17) is 5.73 Å². The van der Waals surface area contributed by atoms with E-state index in [-0.39, 0.29) is 17.9 Å². The van der Waals surface area contributed by atoms with E-state index in [0.29, 0.717) is 25.2 Å². The lowest BCUT2D eigenvalue weighted by molar-refractivity contribution is -0.126. The Kier molecular flexibility index (Phi) is 3.95. The molecule has 1 saturated heterocycles. The number of hydrogen-bond donors (Lipinski definition) is 1. The van der Waals surface area contributed by atoms with Gasteiger partial charge in [0.05, 0.1) is 5.41 Å². The van der Waals surface area contributed by atoms with Crippen molar-refractivity contribution >= 4 is 27.7 Å². The molecule has 0 bridgehead atoms. The van der Waals surface area contributed by atoms with Crippen molar-refractivity contribution in [1.29, 1.82) is 0 Å². The number of carbonyl (C=O) groups excluding carboxylic acids is 2. The zero-order valence-electron chi connectivity index (χ0n) is 12.0. The molecule has 5 nitrogen and oxygen atoms in total. The van der Waals surface area contributed by atoms with E-state index in [1.807, 2.05) is 37.6 Å². The van der Waals surface area contributed by atoms with Crippen LogP contribution < -0.4 is 5.73 Å². The molecule has 1 unspecified atom stereocenters. The second-order valence-electron chi connectivity index (χ2n) is 5.95. The second kappa shape index (κ2) is 5.24. The van der Waals surface area contributed by atoms with E-state index < -0.39 is 5.41 Å². The molecule has 0 spiro atoms. The van der Waals surface area contributed by atoms with Gasteiger partial charge in [-0.25, -0.2) is 0 Å². The van der Waals surface area contributed by atoms with E-state index in [9.17, 15) is 9.59 Å². The molecule has 2 amide bonds.